The largest absolute Gasteiger partial charge is 1.00 e. The monoisotopic (exact) mass is 761 g/mol. The zero-order chi connectivity index (χ0) is 28.4. The summed E-state index contributed by atoms with van der Waals surface area (Å²) in [6.45, 7) is 2.63. The van der Waals surface area contributed by atoms with Gasteiger partial charge < -0.3 is 32.2 Å². The maximum atomic E-state index is 11.4. The van der Waals surface area contributed by atoms with E-state index in [1.807, 2.05) is 24.3 Å². The molecule has 13 heteroatoms. The van der Waals surface area contributed by atoms with Crippen molar-refractivity contribution in [2.75, 3.05) is 26.2 Å². The minimum absolute atomic E-state index is 0. The molecule has 0 aromatic heterocycles. The Kier molecular flexibility index (Phi) is 27.0. The van der Waals surface area contributed by atoms with E-state index in [-0.39, 0.29) is 85.3 Å². The Balaban J connectivity index is -0.000000706. The van der Waals surface area contributed by atoms with E-state index in [1.54, 1.807) is 73.4 Å². The zero-order valence-electron chi connectivity index (χ0n) is 23.9. The van der Waals surface area contributed by atoms with Crippen LogP contribution in [0.4, 0.5) is 0 Å². The molecule has 0 spiro atoms. The number of carbonyl (C=O) groups excluding carboxylic acids is 4. The Labute approximate surface area is 294 Å². The number of nitrogens with one attached hydrogen (secondary N) is 4. The summed E-state index contributed by atoms with van der Waals surface area (Å²) < 4.78 is 0. The van der Waals surface area contributed by atoms with Crippen LogP contribution < -0.4 is 21.3 Å². The summed E-state index contributed by atoms with van der Waals surface area (Å²) >= 11 is 0. The second-order valence-corrected chi connectivity index (χ2v) is 8.55. The predicted octanol–water partition coefficient (Wildman–Crippen LogP) is 0.990. The molecular weight excluding hydrogens is 727 g/mol. The predicted molar refractivity (Wildman–Crippen MR) is 165 cm³/mol. The van der Waals surface area contributed by atoms with Gasteiger partial charge in [0.15, 0.2) is 23.1 Å². The molecule has 10 nitrogen and oxygen atoms in total. The second kappa shape index (κ2) is 26.6. The first-order chi connectivity index (χ1) is 19.5. The van der Waals surface area contributed by atoms with E-state index in [0.717, 1.165) is 0 Å². The summed E-state index contributed by atoms with van der Waals surface area (Å²) in [4.78, 5) is 45.7. The number of ketones is 4. The van der Waals surface area contributed by atoms with Gasteiger partial charge in [-0.3, -0.25) is 19.2 Å². The van der Waals surface area contributed by atoms with Gasteiger partial charge >= 0.3 is 34.1 Å². The Bertz CT molecular complexity index is 1170. The SMILES string of the molecule is O.O.O=C1C=CC=CC1=CNCCNC=C1C=CC=CC1=O.O=C1C=CC=CC1=CNCCNC=C1C=CC=CC1=O.[Cu+].[Cu+].[Cu]. The molecule has 0 bridgehead atoms. The Morgan fingerprint density at radius 1 is 0.378 bits per heavy atom. The molecule has 251 valence electrons. The molecular formula is C32H36Cu3N4O6+2. The maximum Gasteiger partial charge on any atom is 1.00 e. The summed E-state index contributed by atoms with van der Waals surface area (Å²) in [7, 11) is 0. The molecule has 0 unspecified atom stereocenters. The molecule has 1 radical (unpaired) electrons. The van der Waals surface area contributed by atoms with Crippen molar-refractivity contribution in [2.45, 2.75) is 0 Å². The average molecular weight is 763 g/mol. The zero-order valence-corrected chi connectivity index (χ0v) is 26.7. The van der Waals surface area contributed by atoms with Crippen molar-refractivity contribution in [3.63, 3.8) is 0 Å². The summed E-state index contributed by atoms with van der Waals surface area (Å²) in [5.74, 6) is -0.000726. The van der Waals surface area contributed by atoms with Gasteiger partial charge in [0.2, 0.25) is 0 Å². The molecule has 0 heterocycles. The van der Waals surface area contributed by atoms with Crippen LogP contribution in [0.3, 0.4) is 0 Å². The molecule has 0 amide bonds. The standard InChI is InChI=1S/2C16H16N2O2.3Cu.2H2O/c2*19-15-7-3-1-5-13(15)11-17-9-10-18-12-14-6-2-4-8-16(14)20;;;;;/h2*1-8,11-12,17-18H,9-10H2;;;;2*1H2/q;;;2*+1;;. The van der Waals surface area contributed by atoms with Crippen LogP contribution in [0.5, 0.6) is 0 Å². The van der Waals surface area contributed by atoms with Crippen molar-refractivity contribution in [3.05, 3.63) is 144 Å². The van der Waals surface area contributed by atoms with Gasteiger partial charge in [0.25, 0.3) is 0 Å². The third-order valence-electron chi connectivity index (χ3n) is 5.53. The van der Waals surface area contributed by atoms with E-state index in [0.29, 0.717) is 48.5 Å². The van der Waals surface area contributed by atoms with Crippen LogP contribution in [0.25, 0.3) is 0 Å². The second-order valence-electron chi connectivity index (χ2n) is 8.55. The van der Waals surface area contributed by atoms with Crippen LogP contribution in [-0.2, 0) is 70.4 Å². The molecule has 45 heavy (non-hydrogen) atoms. The van der Waals surface area contributed by atoms with E-state index in [4.69, 9.17) is 0 Å². The maximum absolute atomic E-state index is 11.4. The van der Waals surface area contributed by atoms with Gasteiger partial charge in [-0.15, -0.1) is 0 Å². The fourth-order valence-electron chi connectivity index (χ4n) is 3.42. The first-order valence-electron chi connectivity index (χ1n) is 12.8. The molecule has 0 aromatic carbocycles. The van der Waals surface area contributed by atoms with Crippen molar-refractivity contribution in [2.24, 2.45) is 0 Å². The molecule has 0 aromatic rings. The van der Waals surface area contributed by atoms with Gasteiger partial charge in [0.05, 0.1) is 0 Å². The first kappa shape index (κ1) is 45.7. The Morgan fingerprint density at radius 3 is 0.733 bits per heavy atom. The van der Waals surface area contributed by atoms with Gasteiger partial charge in [-0.1, -0.05) is 48.6 Å². The van der Waals surface area contributed by atoms with Gasteiger partial charge in [-0.2, -0.15) is 0 Å². The van der Waals surface area contributed by atoms with E-state index in [2.05, 4.69) is 21.3 Å². The van der Waals surface area contributed by atoms with Crippen LogP contribution in [0.2, 0.25) is 0 Å². The average Bonchev–Trinajstić information content (AvgIpc) is 2.96. The number of hydrogen-bond donors (Lipinski definition) is 4. The first-order valence-corrected chi connectivity index (χ1v) is 12.8. The fourth-order valence-corrected chi connectivity index (χ4v) is 3.42. The van der Waals surface area contributed by atoms with Gasteiger partial charge in [0, 0.05) is 90.3 Å². The summed E-state index contributed by atoms with van der Waals surface area (Å²) in [5.41, 5.74) is 2.56. The molecule has 4 rings (SSSR count). The third kappa shape index (κ3) is 17.3. The number of hydrogen-bond acceptors (Lipinski definition) is 8. The smallest absolute Gasteiger partial charge is 0.412 e. The van der Waals surface area contributed by atoms with Crippen LogP contribution in [-0.4, -0.2) is 60.3 Å². The fraction of sp³-hybridized carbons (Fsp3) is 0.125. The van der Waals surface area contributed by atoms with Gasteiger partial charge in [0.1, 0.15) is 0 Å². The number of allylic oxidation sites excluding steroid dienone is 20. The number of rotatable bonds is 10. The van der Waals surface area contributed by atoms with Gasteiger partial charge in [-0.25, -0.2) is 0 Å². The molecule has 0 atom stereocenters. The molecule has 0 saturated carbocycles. The van der Waals surface area contributed by atoms with E-state index in [9.17, 15) is 19.2 Å². The normalized spacial score (nSPS) is 18.7. The van der Waals surface area contributed by atoms with Crippen molar-refractivity contribution in [1.82, 2.24) is 21.3 Å². The van der Waals surface area contributed by atoms with Crippen molar-refractivity contribution >= 4 is 23.1 Å². The summed E-state index contributed by atoms with van der Waals surface area (Å²) in [5, 5.41) is 12.2. The number of carbonyl (C=O) groups is 4. The third-order valence-corrected chi connectivity index (χ3v) is 5.53. The molecule has 8 N–H and O–H groups in total. The molecule has 0 fully saturated rings. The summed E-state index contributed by atoms with van der Waals surface area (Å²) in [6, 6.07) is 0. The van der Waals surface area contributed by atoms with Crippen molar-refractivity contribution in [1.29, 1.82) is 0 Å². The Morgan fingerprint density at radius 2 is 0.556 bits per heavy atom. The minimum Gasteiger partial charge on any atom is -0.412 e. The molecule has 0 aliphatic heterocycles. The van der Waals surface area contributed by atoms with Crippen molar-refractivity contribution in [3.8, 4) is 0 Å². The quantitative estimate of drug-likeness (QED) is 0.145. The topological polar surface area (TPSA) is 179 Å². The van der Waals surface area contributed by atoms with Crippen LogP contribution in [0, 0.1) is 0 Å². The van der Waals surface area contributed by atoms with Crippen LogP contribution in [0.1, 0.15) is 0 Å². The van der Waals surface area contributed by atoms with Crippen molar-refractivity contribution < 1.29 is 81.3 Å². The van der Waals surface area contributed by atoms with Gasteiger partial charge in [-0.05, 0) is 48.6 Å². The molecule has 4 aliphatic carbocycles. The van der Waals surface area contributed by atoms with Crippen LogP contribution >= 0.6 is 0 Å². The minimum atomic E-state index is -0.000182. The van der Waals surface area contributed by atoms with E-state index >= 15 is 0 Å². The van der Waals surface area contributed by atoms with Crippen LogP contribution in [0.15, 0.2) is 144 Å². The summed E-state index contributed by atoms with van der Waals surface area (Å²) in [6.07, 6.45) is 34.2. The molecule has 4 aliphatic rings. The van der Waals surface area contributed by atoms with E-state index in [1.165, 1.54) is 24.3 Å². The van der Waals surface area contributed by atoms with E-state index < -0.39 is 0 Å². The Hall–Kier alpha value is -3.76. The molecule has 0 saturated heterocycles.